The zero-order valence-electron chi connectivity index (χ0n) is 68.9. The second kappa shape index (κ2) is 46.1. The second-order valence-corrected chi connectivity index (χ2v) is 32.4. The fourth-order valence-corrected chi connectivity index (χ4v) is 16.5. The van der Waals surface area contributed by atoms with Crippen LogP contribution in [0.15, 0.2) is 0 Å². The Morgan fingerprint density at radius 3 is 1.21 bits per heavy atom. The molecule has 34 N–H and O–H groups in total. The highest BCUT2D eigenvalue weighted by Crippen LogP contribution is 2.43. The molecule has 10 rings (SSSR count). The van der Waals surface area contributed by atoms with E-state index < -0.39 is 414 Å². The summed E-state index contributed by atoms with van der Waals surface area (Å²) in [5.41, 5.74) is 0. The average molecular weight is 1890 g/mol. The van der Waals surface area contributed by atoms with Gasteiger partial charge in [0.2, 0.25) is 23.6 Å². The summed E-state index contributed by atoms with van der Waals surface area (Å²) in [5, 5.41) is 343. The van der Waals surface area contributed by atoms with Crippen LogP contribution in [0.3, 0.4) is 0 Å². The molecule has 10 aliphatic rings. The van der Waals surface area contributed by atoms with E-state index in [9.17, 15) is 177 Å². The van der Waals surface area contributed by atoms with Crippen molar-refractivity contribution in [1.82, 2.24) is 21.3 Å². The molecule has 129 heavy (non-hydrogen) atoms. The third-order valence-corrected chi connectivity index (χ3v) is 23.5. The molecule has 4 amide bonds. The Labute approximate surface area is 728 Å². The van der Waals surface area contributed by atoms with Crippen LogP contribution >= 0.6 is 0 Å². The zero-order chi connectivity index (χ0) is 95.3. The zero-order valence-corrected chi connectivity index (χ0v) is 68.9. The van der Waals surface area contributed by atoms with Gasteiger partial charge in [0, 0.05) is 27.2 Å². The molecular weight excluding hydrogens is 1770 g/mol. The molecular formula is C71H118N4O54. The van der Waals surface area contributed by atoms with Crippen molar-refractivity contribution in [3.05, 3.63) is 0 Å². The van der Waals surface area contributed by atoms with Crippen molar-refractivity contribution >= 4 is 29.6 Å². The normalized spacial score (nSPS) is 48.1. The number of carbonyl (C=O) groups excluding carboxylic acids is 4. The maximum atomic E-state index is 13.3. The highest BCUT2D eigenvalue weighted by molar-refractivity contribution is 5.78. The molecule has 10 aliphatic heterocycles. The minimum atomic E-state index is -3.39. The van der Waals surface area contributed by atoms with Crippen LogP contribution in [-0.4, -0.2) is 561 Å². The van der Waals surface area contributed by atoms with Crippen LogP contribution in [0.2, 0.25) is 0 Å². The van der Waals surface area contributed by atoms with E-state index in [4.69, 9.17) is 90.0 Å². The van der Waals surface area contributed by atoms with Crippen molar-refractivity contribution in [3.8, 4) is 0 Å². The molecule has 746 valence electrons. The van der Waals surface area contributed by atoms with E-state index in [2.05, 4.69) is 21.3 Å². The van der Waals surface area contributed by atoms with Gasteiger partial charge in [-0.25, -0.2) is 4.79 Å². The monoisotopic (exact) mass is 1890 g/mol. The van der Waals surface area contributed by atoms with E-state index >= 15 is 0 Å². The van der Waals surface area contributed by atoms with Gasteiger partial charge >= 0.3 is 5.97 Å². The first-order chi connectivity index (χ1) is 60.9. The van der Waals surface area contributed by atoms with Crippen molar-refractivity contribution in [1.29, 1.82) is 0 Å². The lowest BCUT2D eigenvalue weighted by atomic mass is 9.88. The Hall–Kier alpha value is -4.57. The standard InChI is InChI=1S/C71H118N4O54/c1-16-35(90)45(100)48(103)64(113-16)112-15-29-55(42(97)32(61(108)114-29)72-17(2)84)122-62-33(73-18(3)85)43(98)53(26(11-81)119-62)123-67-51(106)58(41(96)28(121-67)14-111-65-50(105)57(39(94)24(9-79)115-65)125-66-49(104)46(101)37(92)22(7-77)116-66)126-69-60(47(102)38(93)23(8-78)118-69)127-63-34(74-19(4)86)44(99)54(27(12-82)120-63)124-68-52(107)59(40(95)25(10-80)117-68)129-71(70(109)110)5-20(87)31(75-30(89)13-83)56(128-71)36(91)21(88)6-76/h16,20-29,31-69,76-83,87-88,90-108H,5-15H2,1-4H3,(H,72,84)(H,73,85)(H,74,86)(H,75,89)(H,109,110)/t16-,20+,21-,22-,23-,24-,25-,26-,27-,28-,29-,31-,32-,33-,34-,35+,36-,37-,38-,39-,40+,41-,42-,43-,44-,45+,46+,47+,48-,49+,50+,51+,52-,53-,54-,55-,56-,57+,58+,59+,60+,61-,62-,63+,64+,65+,66-,67+,68+,69-,71+/m1/s1. The first-order valence-electron chi connectivity index (χ1n) is 40.8. The van der Waals surface area contributed by atoms with Gasteiger partial charge in [-0.2, -0.15) is 0 Å². The van der Waals surface area contributed by atoms with Crippen molar-refractivity contribution < 1.29 is 267 Å². The van der Waals surface area contributed by atoms with Gasteiger partial charge in [0.1, 0.15) is 238 Å². The van der Waals surface area contributed by atoms with E-state index in [1.165, 1.54) is 6.92 Å². The number of carboxylic acids is 1. The smallest absolute Gasteiger partial charge is 0.364 e. The predicted octanol–water partition coefficient (Wildman–Crippen LogP) is -23.0. The average Bonchev–Trinajstić information content (AvgIpc) is 0.692. The Morgan fingerprint density at radius 2 is 0.713 bits per heavy atom. The van der Waals surface area contributed by atoms with Crippen molar-refractivity contribution in [2.75, 3.05) is 66.1 Å². The van der Waals surface area contributed by atoms with E-state index in [-0.39, 0.29) is 0 Å². The molecule has 10 heterocycles. The molecule has 58 heteroatoms. The van der Waals surface area contributed by atoms with Gasteiger partial charge in [-0.05, 0) is 6.92 Å². The van der Waals surface area contributed by atoms with Crippen LogP contribution in [0, 0.1) is 0 Å². The molecule has 0 aromatic heterocycles. The molecule has 0 aromatic rings. The largest absolute Gasteiger partial charge is 0.477 e. The quantitative estimate of drug-likeness (QED) is 0.0280. The number of carbonyl (C=O) groups is 5. The van der Waals surface area contributed by atoms with Crippen LogP contribution in [0.1, 0.15) is 34.1 Å². The van der Waals surface area contributed by atoms with E-state index in [0.29, 0.717) is 0 Å². The number of amides is 4. The van der Waals surface area contributed by atoms with Crippen LogP contribution in [0.4, 0.5) is 0 Å². The van der Waals surface area contributed by atoms with Crippen LogP contribution in [0.25, 0.3) is 0 Å². The van der Waals surface area contributed by atoms with Gasteiger partial charge in [0.05, 0.1) is 77.7 Å². The van der Waals surface area contributed by atoms with Gasteiger partial charge in [0.25, 0.3) is 5.79 Å². The summed E-state index contributed by atoms with van der Waals surface area (Å²) in [6.07, 6.45) is -101. The fraction of sp³-hybridized carbons (Fsp3) is 0.930. The number of ether oxygens (including phenoxy) is 19. The Balaban J connectivity index is 0.955. The highest BCUT2D eigenvalue weighted by atomic mass is 16.8. The summed E-state index contributed by atoms with van der Waals surface area (Å²) in [7, 11) is 0. The highest BCUT2D eigenvalue weighted by Gasteiger charge is 2.64. The lowest BCUT2D eigenvalue weighted by Gasteiger charge is -2.51. The molecule has 0 radical (unpaired) electrons. The third kappa shape index (κ3) is 23.5. The topological polar surface area (TPSA) is 916 Å². The SMILES string of the molecule is CC(=O)N[C@@H]1[C@@H](O)[C@H](O[C@H]2O[C@H](CO)[C@@H](O[C@@H]3O[C@H](CO[C@H]4O[C@H](CO)[C@@H](O)[C@H](O[C@H]5O[C@H](CO)[C@@H](O)[C@H](O)[C@@H]5O)[C@@H]4O)[C@@H](O)[C@H](O[C@H]4O[C@H](CO)[C@@H](O)[C@H](O)[C@@H]4O[C@@H]4O[C@H](CO)[C@@H](O[C@@H]5O[C@H](CO)[C@H](O)[C@H](O[C@]6(C(=O)O)C[C@H](O)[C@@H](NC(=O)CO)[C@H]([C@H](O)[C@H](O)CO)O6)[C@H]5O)[C@H](O)[C@H]4NC(C)=O)[C@@H]3O)[C@H](O)[C@H]2NC(C)=O)[C@@H](CO[C@H]2O[C@H](C)[C@H](O)[C@H](O)[C@H]2O)O[C@H]1O. The Morgan fingerprint density at radius 1 is 0.349 bits per heavy atom. The molecule has 0 aromatic carbocycles. The van der Waals surface area contributed by atoms with Crippen molar-refractivity contribution in [3.63, 3.8) is 0 Å². The second-order valence-electron chi connectivity index (χ2n) is 32.4. The van der Waals surface area contributed by atoms with Crippen molar-refractivity contribution in [2.24, 2.45) is 0 Å². The number of hydrogen-bond donors (Lipinski definition) is 34. The predicted molar refractivity (Wildman–Crippen MR) is 393 cm³/mol. The van der Waals surface area contributed by atoms with Crippen LogP contribution < -0.4 is 21.3 Å². The molecule has 51 atom stereocenters. The minimum Gasteiger partial charge on any atom is -0.477 e. The van der Waals surface area contributed by atoms with E-state index in [1.54, 1.807) is 0 Å². The van der Waals surface area contributed by atoms with E-state index in [0.717, 1.165) is 20.8 Å². The first-order valence-corrected chi connectivity index (χ1v) is 40.8. The number of carboxylic acid groups (broad SMARTS) is 1. The van der Waals surface area contributed by atoms with Gasteiger partial charge in [-0.15, -0.1) is 0 Å². The number of hydrogen-bond acceptors (Lipinski definition) is 53. The molecule has 0 saturated carbocycles. The summed E-state index contributed by atoms with van der Waals surface area (Å²) in [4.78, 5) is 64.6. The maximum Gasteiger partial charge on any atom is 0.364 e. The summed E-state index contributed by atoms with van der Waals surface area (Å²) < 4.78 is 112. The summed E-state index contributed by atoms with van der Waals surface area (Å²) in [6.45, 7) is -7.82. The maximum absolute atomic E-state index is 13.3. The number of nitrogens with one attached hydrogen (secondary N) is 4. The molecule has 0 unspecified atom stereocenters. The number of aliphatic hydroxyl groups is 29. The van der Waals surface area contributed by atoms with Crippen LogP contribution in [-0.2, 0) is 114 Å². The van der Waals surface area contributed by atoms with Gasteiger partial charge in [-0.1, -0.05) is 0 Å². The first kappa shape index (κ1) is 106. The third-order valence-electron chi connectivity index (χ3n) is 23.5. The molecule has 0 aliphatic carbocycles. The van der Waals surface area contributed by atoms with Crippen LogP contribution in [0.5, 0.6) is 0 Å². The van der Waals surface area contributed by atoms with Gasteiger partial charge in [0.15, 0.2) is 56.6 Å². The Kier molecular flexibility index (Phi) is 38.0. The summed E-state index contributed by atoms with van der Waals surface area (Å²) in [6, 6.07) is -7.88. The van der Waals surface area contributed by atoms with Gasteiger partial charge < -0.3 is 264 Å². The molecule has 0 bridgehead atoms. The molecule has 58 nitrogen and oxygen atoms in total. The fourth-order valence-electron chi connectivity index (χ4n) is 16.5. The summed E-state index contributed by atoms with van der Waals surface area (Å²) >= 11 is 0. The molecule has 10 fully saturated rings. The lowest BCUT2D eigenvalue weighted by Crippen LogP contribution is -2.71. The minimum absolute atomic E-state index is 0.847. The number of aliphatic hydroxyl groups excluding tert-OH is 29. The summed E-state index contributed by atoms with van der Waals surface area (Å²) in [5.74, 6) is -9.79. The molecule has 10 saturated heterocycles. The number of aliphatic carboxylic acids is 1. The molecule has 0 spiro atoms. The lowest BCUT2D eigenvalue weighted by molar-refractivity contribution is -0.400. The van der Waals surface area contributed by atoms with Crippen molar-refractivity contribution in [2.45, 2.75) is 347 Å². The van der Waals surface area contributed by atoms with Gasteiger partial charge in [-0.3, -0.25) is 19.2 Å². The van der Waals surface area contributed by atoms with E-state index in [1.807, 2.05) is 0 Å². The number of rotatable bonds is 35. The Bertz CT molecular complexity index is 3550.